The highest BCUT2D eigenvalue weighted by Crippen LogP contribution is 2.20. The fourth-order valence-corrected chi connectivity index (χ4v) is 5.94. The molecule has 4 rings (SSSR count). The van der Waals surface area contributed by atoms with E-state index in [2.05, 4.69) is 84.9 Å². The quantitative estimate of drug-likeness (QED) is 0.418. The van der Waals surface area contributed by atoms with E-state index >= 15 is 0 Å². The summed E-state index contributed by atoms with van der Waals surface area (Å²) in [7, 11) is -1.06. The zero-order valence-electron chi connectivity index (χ0n) is 15.0. The first kappa shape index (κ1) is 17.5. The van der Waals surface area contributed by atoms with Crippen LogP contribution in [0, 0.1) is 0 Å². The Morgan fingerprint density at radius 2 is 1.22 bits per heavy atom. The van der Waals surface area contributed by atoms with Crippen LogP contribution >= 0.6 is 0 Å². The Morgan fingerprint density at radius 1 is 0.630 bits per heavy atom. The summed E-state index contributed by atoms with van der Waals surface area (Å²) in [6.07, 6.45) is 0. The van der Waals surface area contributed by atoms with Crippen molar-refractivity contribution < 1.29 is 9.84 Å². The third kappa shape index (κ3) is 3.95. The van der Waals surface area contributed by atoms with Gasteiger partial charge >= 0.3 is 0 Å². The van der Waals surface area contributed by atoms with Gasteiger partial charge in [0.1, 0.15) is 12.4 Å². The predicted molar refractivity (Wildman–Crippen MR) is 114 cm³/mol. The highest BCUT2D eigenvalue weighted by atomic mass is 28.3. The lowest BCUT2D eigenvalue weighted by Gasteiger charge is -2.17. The average molecular weight is 370 g/mol. The summed E-state index contributed by atoms with van der Waals surface area (Å²) >= 11 is 0. The van der Waals surface area contributed by atoms with E-state index in [1.807, 2.05) is 12.1 Å². The molecule has 0 unspecified atom stereocenters. The van der Waals surface area contributed by atoms with Crippen molar-refractivity contribution in [1.29, 1.82) is 0 Å². The van der Waals surface area contributed by atoms with Gasteiger partial charge in [-0.25, -0.2) is 0 Å². The molecule has 4 aromatic rings. The summed E-state index contributed by atoms with van der Waals surface area (Å²) in [6, 6.07) is 34.4. The van der Waals surface area contributed by atoms with E-state index in [9.17, 15) is 0 Å². The first-order valence-corrected chi connectivity index (χ1v) is 10.6. The third-order valence-electron chi connectivity index (χ3n) is 4.59. The average Bonchev–Trinajstić information content (AvgIpc) is 2.74. The second-order valence-corrected chi connectivity index (χ2v) is 8.88. The standard InChI is InChI=1S/C24H21O2Si/c25-15-16-26-21-13-11-20-18-24(14-12-19(20)17-21)27(22-7-3-1-4-8-22)23-9-5-2-6-10-23/h1-14,17-18,25H,15-16H2. The maximum Gasteiger partial charge on any atom is 0.154 e. The van der Waals surface area contributed by atoms with Crippen LogP contribution in [0.15, 0.2) is 97.1 Å². The Balaban J connectivity index is 1.77. The fourth-order valence-electron chi connectivity index (χ4n) is 3.34. The molecule has 0 heterocycles. The van der Waals surface area contributed by atoms with Crippen molar-refractivity contribution in [3.63, 3.8) is 0 Å². The summed E-state index contributed by atoms with van der Waals surface area (Å²) < 4.78 is 5.54. The van der Waals surface area contributed by atoms with Gasteiger partial charge in [0.25, 0.3) is 0 Å². The summed E-state index contributed by atoms with van der Waals surface area (Å²) in [5, 5.41) is 15.4. The zero-order valence-corrected chi connectivity index (χ0v) is 16.0. The van der Waals surface area contributed by atoms with Crippen molar-refractivity contribution in [3.8, 4) is 5.75 Å². The zero-order chi connectivity index (χ0) is 18.5. The third-order valence-corrected chi connectivity index (χ3v) is 7.30. The van der Waals surface area contributed by atoms with E-state index in [-0.39, 0.29) is 6.61 Å². The van der Waals surface area contributed by atoms with Gasteiger partial charge in [-0.2, -0.15) is 0 Å². The van der Waals surface area contributed by atoms with Gasteiger partial charge in [-0.05, 0) is 28.1 Å². The Hall–Kier alpha value is -2.88. The first-order valence-electron chi connectivity index (χ1n) is 9.11. The number of rotatable bonds is 6. The van der Waals surface area contributed by atoms with Gasteiger partial charge in [0.2, 0.25) is 0 Å². The van der Waals surface area contributed by atoms with E-state index in [0.717, 1.165) is 11.1 Å². The molecule has 0 aliphatic rings. The fraction of sp³-hybridized carbons (Fsp3) is 0.0833. The summed E-state index contributed by atoms with van der Waals surface area (Å²) in [4.78, 5) is 0. The normalized spacial score (nSPS) is 11.0. The molecule has 0 aliphatic heterocycles. The van der Waals surface area contributed by atoms with Gasteiger partial charge < -0.3 is 9.84 Å². The maximum absolute atomic E-state index is 8.93. The number of hydrogen-bond donors (Lipinski definition) is 1. The van der Waals surface area contributed by atoms with Crippen molar-refractivity contribution in [2.24, 2.45) is 0 Å². The van der Waals surface area contributed by atoms with Crippen molar-refractivity contribution in [1.82, 2.24) is 0 Å². The molecule has 0 aromatic heterocycles. The monoisotopic (exact) mass is 369 g/mol. The van der Waals surface area contributed by atoms with E-state index in [0.29, 0.717) is 6.61 Å². The predicted octanol–water partition coefficient (Wildman–Crippen LogP) is 2.73. The van der Waals surface area contributed by atoms with Crippen molar-refractivity contribution in [3.05, 3.63) is 97.1 Å². The van der Waals surface area contributed by atoms with E-state index in [4.69, 9.17) is 9.84 Å². The molecule has 0 atom stereocenters. The number of benzene rings is 4. The van der Waals surface area contributed by atoms with Crippen LogP contribution in [-0.2, 0) is 0 Å². The molecule has 0 fully saturated rings. The number of aliphatic hydroxyl groups is 1. The topological polar surface area (TPSA) is 29.5 Å². The molecule has 1 radical (unpaired) electrons. The number of aliphatic hydroxyl groups excluding tert-OH is 1. The molecule has 4 aromatic carbocycles. The molecule has 0 aliphatic carbocycles. The van der Waals surface area contributed by atoms with Gasteiger partial charge in [0.05, 0.1) is 6.61 Å². The minimum absolute atomic E-state index is 0.0247. The van der Waals surface area contributed by atoms with Gasteiger partial charge in [-0.15, -0.1) is 0 Å². The largest absolute Gasteiger partial charge is 0.491 e. The second-order valence-electron chi connectivity index (χ2n) is 6.40. The minimum atomic E-state index is -1.06. The maximum atomic E-state index is 8.93. The van der Waals surface area contributed by atoms with Crippen LogP contribution in [0.5, 0.6) is 5.75 Å². The summed E-state index contributed by atoms with van der Waals surface area (Å²) in [5.74, 6) is 0.793. The summed E-state index contributed by atoms with van der Waals surface area (Å²) in [5.41, 5.74) is 0. The summed E-state index contributed by atoms with van der Waals surface area (Å²) in [6.45, 7) is 0.343. The second kappa shape index (κ2) is 8.21. The molecule has 3 heteroatoms. The molecular formula is C24H21O2Si. The Bertz CT molecular complexity index is 977. The van der Waals surface area contributed by atoms with Crippen molar-refractivity contribution in [2.75, 3.05) is 13.2 Å². The van der Waals surface area contributed by atoms with E-state index in [1.165, 1.54) is 20.9 Å². The van der Waals surface area contributed by atoms with Gasteiger partial charge in [0.15, 0.2) is 8.80 Å². The Kier molecular flexibility index (Phi) is 5.33. The molecule has 133 valence electrons. The minimum Gasteiger partial charge on any atom is -0.491 e. The van der Waals surface area contributed by atoms with Crippen molar-refractivity contribution in [2.45, 2.75) is 0 Å². The molecule has 2 nitrogen and oxygen atoms in total. The van der Waals surface area contributed by atoms with Crippen LogP contribution in [0.4, 0.5) is 0 Å². The molecular weight excluding hydrogens is 348 g/mol. The van der Waals surface area contributed by atoms with Crippen LogP contribution in [0.3, 0.4) is 0 Å². The van der Waals surface area contributed by atoms with Gasteiger partial charge in [0, 0.05) is 0 Å². The lowest BCUT2D eigenvalue weighted by molar-refractivity contribution is 0.201. The number of ether oxygens (including phenoxy) is 1. The Morgan fingerprint density at radius 3 is 1.85 bits per heavy atom. The molecule has 0 bridgehead atoms. The molecule has 0 amide bonds. The lowest BCUT2D eigenvalue weighted by atomic mass is 10.1. The smallest absolute Gasteiger partial charge is 0.154 e. The molecule has 0 saturated heterocycles. The van der Waals surface area contributed by atoms with Crippen LogP contribution in [0.2, 0.25) is 0 Å². The van der Waals surface area contributed by atoms with E-state index < -0.39 is 8.80 Å². The highest BCUT2D eigenvalue weighted by molar-refractivity contribution is 6.95. The number of hydrogen-bond acceptors (Lipinski definition) is 2. The van der Waals surface area contributed by atoms with Crippen LogP contribution in [-0.4, -0.2) is 27.1 Å². The number of fused-ring (bicyclic) bond motifs is 1. The van der Waals surface area contributed by atoms with E-state index in [1.54, 1.807) is 0 Å². The molecule has 0 spiro atoms. The lowest BCUT2D eigenvalue weighted by Crippen LogP contribution is -2.51. The first-order chi connectivity index (χ1) is 13.3. The van der Waals surface area contributed by atoms with Crippen LogP contribution < -0.4 is 20.3 Å². The van der Waals surface area contributed by atoms with Gasteiger partial charge in [-0.1, -0.05) is 95.3 Å². The van der Waals surface area contributed by atoms with Crippen LogP contribution in [0.25, 0.3) is 10.8 Å². The van der Waals surface area contributed by atoms with Gasteiger partial charge in [-0.3, -0.25) is 0 Å². The molecule has 0 saturated carbocycles. The SMILES string of the molecule is OCCOc1ccc2cc([Si](c3ccccc3)c3ccccc3)ccc2c1. The van der Waals surface area contributed by atoms with Crippen LogP contribution in [0.1, 0.15) is 0 Å². The molecule has 1 N–H and O–H groups in total. The Labute approximate surface area is 161 Å². The molecule has 27 heavy (non-hydrogen) atoms. The van der Waals surface area contributed by atoms with Crippen molar-refractivity contribution >= 4 is 35.1 Å². The highest BCUT2D eigenvalue weighted by Gasteiger charge is 2.19.